The Balaban J connectivity index is 1.82. The predicted octanol–water partition coefficient (Wildman–Crippen LogP) is 4.55. The van der Waals surface area contributed by atoms with Crippen molar-refractivity contribution in [2.45, 2.75) is 6.54 Å². The molecule has 0 unspecified atom stereocenters. The second kappa shape index (κ2) is 8.00. The number of nitrogens with zero attached hydrogens (tertiary/aromatic N) is 2. The van der Waals surface area contributed by atoms with E-state index in [4.69, 9.17) is 4.42 Å². The van der Waals surface area contributed by atoms with Crippen molar-refractivity contribution in [1.29, 1.82) is 0 Å². The van der Waals surface area contributed by atoms with Crippen molar-refractivity contribution in [3.8, 4) is 0 Å². The molecule has 0 N–H and O–H groups in total. The van der Waals surface area contributed by atoms with Gasteiger partial charge in [0.25, 0.3) is 11.6 Å². The van der Waals surface area contributed by atoms with Crippen molar-refractivity contribution < 1.29 is 14.1 Å². The van der Waals surface area contributed by atoms with Crippen LogP contribution in [0.2, 0.25) is 0 Å². The van der Waals surface area contributed by atoms with Gasteiger partial charge in [-0.3, -0.25) is 14.9 Å². The highest BCUT2D eigenvalue weighted by atomic mass is 16.6. The Kier molecular flexibility index (Phi) is 5.09. The molecule has 4 rings (SSSR count). The van der Waals surface area contributed by atoms with Crippen LogP contribution in [0.25, 0.3) is 11.0 Å². The SMILES string of the molecule is O=C(c1cc2ccccc2oc1=O)N(Cc1ccccc1)c1cccc([N+](=O)[O-])c1. The molecule has 148 valence electrons. The highest BCUT2D eigenvalue weighted by molar-refractivity contribution is 6.07. The van der Waals surface area contributed by atoms with Crippen molar-refractivity contribution in [3.63, 3.8) is 0 Å². The van der Waals surface area contributed by atoms with E-state index >= 15 is 0 Å². The Bertz CT molecular complexity index is 1300. The number of para-hydroxylation sites is 1. The molecule has 0 aliphatic heterocycles. The third kappa shape index (κ3) is 3.81. The van der Waals surface area contributed by atoms with E-state index in [1.54, 1.807) is 30.3 Å². The van der Waals surface area contributed by atoms with Gasteiger partial charge in [-0.05, 0) is 23.8 Å². The van der Waals surface area contributed by atoms with Gasteiger partial charge in [-0.1, -0.05) is 54.6 Å². The smallest absolute Gasteiger partial charge is 0.349 e. The maximum Gasteiger partial charge on any atom is 0.349 e. The Labute approximate surface area is 170 Å². The van der Waals surface area contributed by atoms with Crippen molar-refractivity contribution >= 4 is 28.3 Å². The summed E-state index contributed by atoms with van der Waals surface area (Å²) in [5.41, 5.74) is 0.444. The Hall–Kier alpha value is -4.26. The lowest BCUT2D eigenvalue weighted by Crippen LogP contribution is -2.33. The van der Waals surface area contributed by atoms with Crippen LogP contribution in [0.3, 0.4) is 0 Å². The lowest BCUT2D eigenvalue weighted by molar-refractivity contribution is -0.384. The van der Waals surface area contributed by atoms with E-state index in [9.17, 15) is 19.7 Å². The quantitative estimate of drug-likeness (QED) is 0.278. The van der Waals surface area contributed by atoms with E-state index < -0.39 is 16.5 Å². The van der Waals surface area contributed by atoms with Crippen molar-refractivity contribution in [2.75, 3.05) is 4.90 Å². The molecule has 0 aliphatic rings. The minimum Gasteiger partial charge on any atom is -0.422 e. The summed E-state index contributed by atoms with van der Waals surface area (Å²) in [4.78, 5) is 37.9. The molecule has 3 aromatic carbocycles. The summed E-state index contributed by atoms with van der Waals surface area (Å²) in [5, 5.41) is 11.8. The first kappa shape index (κ1) is 19.1. The number of nitro benzene ring substituents is 1. The molecule has 0 atom stereocenters. The predicted molar refractivity (Wildman–Crippen MR) is 113 cm³/mol. The molecule has 1 aromatic heterocycles. The molecule has 0 saturated carbocycles. The Morgan fingerprint density at radius 1 is 0.933 bits per heavy atom. The van der Waals surface area contributed by atoms with Crippen LogP contribution in [0.15, 0.2) is 94.1 Å². The number of amides is 1. The summed E-state index contributed by atoms with van der Waals surface area (Å²) >= 11 is 0. The molecular formula is C23H16N2O5. The summed E-state index contributed by atoms with van der Waals surface area (Å²) in [6, 6.07) is 23.3. The molecule has 1 amide bonds. The van der Waals surface area contributed by atoms with Crippen LogP contribution in [-0.4, -0.2) is 10.8 Å². The third-order valence-corrected chi connectivity index (χ3v) is 4.65. The Morgan fingerprint density at radius 2 is 1.67 bits per heavy atom. The molecule has 7 heteroatoms. The van der Waals surface area contributed by atoms with Gasteiger partial charge < -0.3 is 9.32 Å². The summed E-state index contributed by atoms with van der Waals surface area (Å²) in [5.74, 6) is -0.598. The molecular weight excluding hydrogens is 384 g/mol. The van der Waals surface area contributed by atoms with Gasteiger partial charge in [0.15, 0.2) is 0 Å². The molecule has 0 radical (unpaired) electrons. The fraction of sp³-hybridized carbons (Fsp3) is 0.0435. The van der Waals surface area contributed by atoms with Gasteiger partial charge >= 0.3 is 5.63 Å². The fourth-order valence-electron chi connectivity index (χ4n) is 3.18. The molecule has 0 bridgehead atoms. The van der Waals surface area contributed by atoms with Crippen LogP contribution in [0.5, 0.6) is 0 Å². The summed E-state index contributed by atoms with van der Waals surface area (Å²) in [6.45, 7) is 0.132. The maximum atomic E-state index is 13.4. The number of carbonyl (C=O) groups excluding carboxylic acids is 1. The van der Waals surface area contributed by atoms with Crippen LogP contribution < -0.4 is 10.5 Å². The van der Waals surface area contributed by atoms with Gasteiger partial charge in [0.2, 0.25) is 0 Å². The lowest BCUT2D eigenvalue weighted by Gasteiger charge is -2.22. The van der Waals surface area contributed by atoms with E-state index in [2.05, 4.69) is 0 Å². The van der Waals surface area contributed by atoms with Crippen LogP contribution in [-0.2, 0) is 6.54 Å². The van der Waals surface area contributed by atoms with Crippen molar-refractivity contribution in [3.05, 3.63) is 117 Å². The first-order valence-electron chi connectivity index (χ1n) is 9.16. The minimum atomic E-state index is -0.762. The second-order valence-corrected chi connectivity index (χ2v) is 6.64. The number of rotatable bonds is 5. The molecule has 0 aliphatic carbocycles. The molecule has 30 heavy (non-hydrogen) atoms. The minimum absolute atomic E-state index is 0.132. The first-order valence-corrected chi connectivity index (χ1v) is 9.16. The first-order chi connectivity index (χ1) is 14.5. The number of non-ortho nitro benzene ring substituents is 1. The monoisotopic (exact) mass is 400 g/mol. The zero-order valence-corrected chi connectivity index (χ0v) is 15.7. The summed E-state index contributed by atoms with van der Waals surface area (Å²) in [7, 11) is 0. The zero-order valence-electron chi connectivity index (χ0n) is 15.7. The van der Waals surface area contributed by atoms with E-state index in [-0.39, 0.29) is 17.8 Å². The van der Waals surface area contributed by atoms with Gasteiger partial charge in [0.05, 0.1) is 17.2 Å². The third-order valence-electron chi connectivity index (χ3n) is 4.65. The highest BCUT2D eigenvalue weighted by Gasteiger charge is 2.24. The normalized spacial score (nSPS) is 10.7. The molecule has 4 aromatic rings. The molecule has 7 nitrogen and oxygen atoms in total. The lowest BCUT2D eigenvalue weighted by atomic mass is 10.1. The standard InChI is InChI=1S/C23H16N2O5/c26-22(20-13-17-9-4-5-12-21(17)30-23(20)27)24(15-16-7-2-1-3-8-16)18-10-6-11-19(14-18)25(28)29/h1-14H,15H2. The fourth-order valence-corrected chi connectivity index (χ4v) is 3.18. The van der Waals surface area contributed by atoms with Gasteiger partial charge in [0.1, 0.15) is 11.1 Å². The van der Waals surface area contributed by atoms with Gasteiger partial charge in [-0.25, -0.2) is 4.79 Å². The number of anilines is 1. The number of hydrogen-bond acceptors (Lipinski definition) is 5. The number of fused-ring (bicyclic) bond motifs is 1. The van der Waals surface area contributed by atoms with Crippen molar-refractivity contribution in [1.82, 2.24) is 0 Å². The molecule has 0 fully saturated rings. The Morgan fingerprint density at radius 3 is 2.43 bits per heavy atom. The van der Waals surface area contributed by atoms with Gasteiger partial charge in [-0.15, -0.1) is 0 Å². The number of carbonyl (C=O) groups is 1. The largest absolute Gasteiger partial charge is 0.422 e. The van der Waals surface area contributed by atoms with Gasteiger partial charge in [0, 0.05) is 17.5 Å². The maximum absolute atomic E-state index is 13.4. The van der Waals surface area contributed by atoms with E-state index in [1.807, 2.05) is 30.3 Å². The number of benzene rings is 3. The number of hydrogen-bond donors (Lipinski definition) is 0. The summed E-state index contributed by atoms with van der Waals surface area (Å²) in [6.07, 6.45) is 0. The van der Waals surface area contributed by atoms with Crippen LogP contribution in [0.1, 0.15) is 15.9 Å². The average molecular weight is 400 g/mol. The molecule has 0 saturated heterocycles. The van der Waals surface area contributed by atoms with E-state index in [0.29, 0.717) is 16.7 Å². The van der Waals surface area contributed by atoms with Crippen LogP contribution in [0, 0.1) is 10.1 Å². The van der Waals surface area contributed by atoms with E-state index in [1.165, 1.54) is 29.2 Å². The van der Waals surface area contributed by atoms with Crippen LogP contribution >= 0.6 is 0 Å². The molecule has 0 spiro atoms. The second-order valence-electron chi connectivity index (χ2n) is 6.64. The molecule has 1 heterocycles. The summed E-state index contributed by atoms with van der Waals surface area (Å²) < 4.78 is 5.30. The zero-order chi connectivity index (χ0) is 21.1. The topological polar surface area (TPSA) is 93.7 Å². The highest BCUT2D eigenvalue weighted by Crippen LogP contribution is 2.25. The van der Waals surface area contributed by atoms with Crippen molar-refractivity contribution in [2.24, 2.45) is 0 Å². The number of nitro groups is 1. The van der Waals surface area contributed by atoms with Gasteiger partial charge in [-0.2, -0.15) is 0 Å². The van der Waals surface area contributed by atoms with Crippen LogP contribution in [0.4, 0.5) is 11.4 Å². The average Bonchev–Trinajstić information content (AvgIpc) is 2.77. The van der Waals surface area contributed by atoms with E-state index in [0.717, 1.165) is 5.56 Å².